The molecule has 2 N–H and O–H groups in total. The molecule has 0 saturated heterocycles. The summed E-state index contributed by atoms with van der Waals surface area (Å²) in [5.74, 6) is 0.115. The van der Waals surface area contributed by atoms with Crippen molar-refractivity contribution < 1.29 is 17.9 Å². The zero-order valence-corrected chi connectivity index (χ0v) is 14.4. The molecule has 0 aliphatic carbocycles. The van der Waals surface area contributed by atoms with Crippen LogP contribution in [0.15, 0.2) is 53.4 Å². The Morgan fingerprint density at radius 2 is 1.88 bits per heavy atom. The Morgan fingerprint density at radius 3 is 2.58 bits per heavy atom. The van der Waals surface area contributed by atoms with E-state index in [1.807, 2.05) is 6.92 Å². The third-order valence-corrected chi connectivity index (χ3v) is 4.66. The highest BCUT2D eigenvalue weighted by molar-refractivity contribution is 7.92. The van der Waals surface area contributed by atoms with Gasteiger partial charge in [-0.25, -0.2) is 8.42 Å². The normalized spacial score (nSPS) is 10.9. The topological polar surface area (TPSA) is 84.5 Å². The highest BCUT2D eigenvalue weighted by Gasteiger charge is 2.18. The minimum Gasteiger partial charge on any atom is -0.495 e. The molecule has 0 unspecified atom stereocenters. The predicted octanol–water partition coefficient (Wildman–Crippen LogP) is 2.64. The average Bonchev–Trinajstić information content (AvgIpc) is 2.60. The molecule has 0 radical (unpaired) electrons. The molecule has 128 valence electrons. The van der Waals surface area contributed by atoms with Gasteiger partial charge in [0, 0.05) is 12.1 Å². The van der Waals surface area contributed by atoms with Crippen molar-refractivity contribution >= 4 is 21.6 Å². The zero-order chi connectivity index (χ0) is 17.6. The highest BCUT2D eigenvalue weighted by Crippen LogP contribution is 2.26. The van der Waals surface area contributed by atoms with Crippen LogP contribution in [-0.2, 0) is 10.0 Å². The molecule has 6 nitrogen and oxygen atoms in total. The van der Waals surface area contributed by atoms with Crippen molar-refractivity contribution in [1.29, 1.82) is 0 Å². The molecule has 0 saturated carbocycles. The van der Waals surface area contributed by atoms with Gasteiger partial charge in [-0.1, -0.05) is 25.1 Å². The molecular formula is C17H20N2O4S. The van der Waals surface area contributed by atoms with Crippen molar-refractivity contribution in [3.63, 3.8) is 0 Å². The summed E-state index contributed by atoms with van der Waals surface area (Å²) < 4.78 is 32.7. The summed E-state index contributed by atoms with van der Waals surface area (Å²) in [6.07, 6.45) is 0.805. The Morgan fingerprint density at radius 1 is 1.12 bits per heavy atom. The number of para-hydroxylation sites is 2. The van der Waals surface area contributed by atoms with Gasteiger partial charge >= 0.3 is 0 Å². The van der Waals surface area contributed by atoms with E-state index in [1.165, 1.54) is 25.3 Å². The van der Waals surface area contributed by atoms with Gasteiger partial charge in [0.25, 0.3) is 15.9 Å². The number of sulfonamides is 1. The van der Waals surface area contributed by atoms with Crippen LogP contribution in [0.25, 0.3) is 0 Å². The molecule has 0 atom stereocenters. The number of methoxy groups -OCH3 is 1. The van der Waals surface area contributed by atoms with Gasteiger partial charge in [0.1, 0.15) is 5.75 Å². The lowest BCUT2D eigenvalue weighted by Crippen LogP contribution is -2.24. The van der Waals surface area contributed by atoms with Gasteiger partial charge in [-0.15, -0.1) is 0 Å². The van der Waals surface area contributed by atoms with Crippen LogP contribution in [0, 0.1) is 0 Å². The van der Waals surface area contributed by atoms with E-state index in [2.05, 4.69) is 10.0 Å². The number of carbonyl (C=O) groups is 1. The summed E-state index contributed by atoms with van der Waals surface area (Å²) >= 11 is 0. The number of hydrogen-bond donors (Lipinski definition) is 2. The molecular weight excluding hydrogens is 328 g/mol. The maximum Gasteiger partial charge on any atom is 0.262 e. The molecule has 0 aliphatic heterocycles. The molecule has 0 aliphatic rings. The highest BCUT2D eigenvalue weighted by atomic mass is 32.2. The van der Waals surface area contributed by atoms with Gasteiger partial charge in [-0.2, -0.15) is 0 Å². The number of hydrogen-bond acceptors (Lipinski definition) is 4. The fourth-order valence-electron chi connectivity index (χ4n) is 2.08. The zero-order valence-electron chi connectivity index (χ0n) is 13.6. The van der Waals surface area contributed by atoms with E-state index in [-0.39, 0.29) is 10.8 Å². The quantitative estimate of drug-likeness (QED) is 0.805. The Hall–Kier alpha value is -2.54. The second-order valence-corrected chi connectivity index (χ2v) is 6.77. The van der Waals surface area contributed by atoms with Gasteiger partial charge in [0.05, 0.1) is 17.7 Å². The Balaban J connectivity index is 2.28. The first-order valence-electron chi connectivity index (χ1n) is 7.52. The largest absolute Gasteiger partial charge is 0.495 e. The first-order valence-corrected chi connectivity index (χ1v) is 9.00. The first kappa shape index (κ1) is 17.8. The van der Waals surface area contributed by atoms with Crippen molar-refractivity contribution in [2.75, 3.05) is 18.4 Å². The van der Waals surface area contributed by atoms with E-state index in [4.69, 9.17) is 4.74 Å². The van der Waals surface area contributed by atoms with Gasteiger partial charge in [0.2, 0.25) is 0 Å². The lowest BCUT2D eigenvalue weighted by atomic mass is 10.2. The van der Waals surface area contributed by atoms with Gasteiger partial charge in [-0.05, 0) is 36.8 Å². The van der Waals surface area contributed by atoms with Crippen LogP contribution in [0.4, 0.5) is 5.69 Å². The van der Waals surface area contributed by atoms with Crippen LogP contribution < -0.4 is 14.8 Å². The van der Waals surface area contributed by atoms with E-state index >= 15 is 0 Å². The number of amides is 1. The molecule has 0 spiro atoms. The molecule has 0 heterocycles. The minimum absolute atomic E-state index is 0.0116. The standard InChI is InChI=1S/C17H20N2O4S/c1-3-11-18-17(20)13-7-6-8-14(12-13)24(21,22)19-15-9-4-5-10-16(15)23-2/h4-10,12,19H,3,11H2,1-2H3,(H,18,20). The summed E-state index contributed by atoms with van der Waals surface area (Å²) in [6.45, 7) is 2.48. The number of carbonyl (C=O) groups excluding carboxylic acids is 1. The molecule has 0 fully saturated rings. The van der Waals surface area contributed by atoms with Crippen molar-refractivity contribution in [3.05, 3.63) is 54.1 Å². The molecule has 2 aromatic carbocycles. The maximum absolute atomic E-state index is 12.6. The number of ether oxygens (including phenoxy) is 1. The van der Waals surface area contributed by atoms with Gasteiger partial charge in [0.15, 0.2) is 0 Å². The summed E-state index contributed by atoms with van der Waals surface area (Å²) in [5, 5.41) is 2.72. The second-order valence-electron chi connectivity index (χ2n) is 5.09. The van der Waals surface area contributed by atoms with Crippen molar-refractivity contribution in [1.82, 2.24) is 5.32 Å². The lowest BCUT2D eigenvalue weighted by molar-refractivity contribution is 0.0953. The molecule has 7 heteroatoms. The van der Waals surface area contributed by atoms with Crippen molar-refractivity contribution in [2.45, 2.75) is 18.2 Å². The molecule has 2 rings (SSSR count). The average molecular weight is 348 g/mol. The van der Waals surface area contributed by atoms with Crippen LogP contribution in [0.5, 0.6) is 5.75 Å². The summed E-state index contributed by atoms with van der Waals surface area (Å²) in [7, 11) is -2.37. The first-order chi connectivity index (χ1) is 11.5. The summed E-state index contributed by atoms with van der Waals surface area (Å²) in [4.78, 5) is 12.0. The lowest BCUT2D eigenvalue weighted by Gasteiger charge is -2.12. The van der Waals surface area contributed by atoms with E-state index in [0.29, 0.717) is 23.5 Å². The molecule has 1 amide bonds. The van der Waals surface area contributed by atoms with E-state index in [1.54, 1.807) is 30.3 Å². The van der Waals surface area contributed by atoms with Crippen LogP contribution in [0.2, 0.25) is 0 Å². The predicted molar refractivity (Wildman–Crippen MR) is 92.9 cm³/mol. The number of anilines is 1. The van der Waals surface area contributed by atoms with Gasteiger partial charge < -0.3 is 10.1 Å². The maximum atomic E-state index is 12.6. The van der Waals surface area contributed by atoms with Crippen molar-refractivity contribution in [3.8, 4) is 5.75 Å². The number of nitrogens with one attached hydrogen (secondary N) is 2. The smallest absolute Gasteiger partial charge is 0.262 e. The minimum atomic E-state index is -3.83. The van der Waals surface area contributed by atoms with Crippen LogP contribution in [0.3, 0.4) is 0 Å². The van der Waals surface area contributed by atoms with Crippen molar-refractivity contribution in [2.24, 2.45) is 0 Å². The molecule has 24 heavy (non-hydrogen) atoms. The second kappa shape index (κ2) is 7.83. The third-order valence-electron chi connectivity index (χ3n) is 3.29. The van der Waals surface area contributed by atoms with E-state index in [0.717, 1.165) is 6.42 Å². The fraction of sp³-hybridized carbons (Fsp3) is 0.235. The van der Waals surface area contributed by atoms with Crippen LogP contribution >= 0.6 is 0 Å². The van der Waals surface area contributed by atoms with E-state index < -0.39 is 10.0 Å². The van der Waals surface area contributed by atoms with Crippen LogP contribution in [-0.4, -0.2) is 28.0 Å². The fourth-order valence-corrected chi connectivity index (χ4v) is 3.19. The number of benzene rings is 2. The molecule has 0 aromatic heterocycles. The van der Waals surface area contributed by atoms with E-state index in [9.17, 15) is 13.2 Å². The molecule has 2 aromatic rings. The Labute approximate surface area is 141 Å². The summed E-state index contributed by atoms with van der Waals surface area (Å²) in [5.41, 5.74) is 0.632. The van der Waals surface area contributed by atoms with Gasteiger partial charge in [-0.3, -0.25) is 9.52 Å². The van der Waals surface area contributed by atoms with Crippen LogP contribution in [0.1, 0.15) is 23.7 Å². The Bertz CT molecular complexity index is 819. The monoisotopic (exact) mass is 348 g/mol. The Kier molecular flexibility index (Phi) is 5.81. The SMILES string of the molecule is CCCNC(=O)c1cccc(S(=O)(=O)Nc2ccccc2OC)c1. The summed E-state index contributed by atoms with van der Waals surface area (Å²) in [6, 6.07) is 12.6. The molecule has 0 bridgehead atoms. The third kappa shape index (κ3) is 4.26. The number of rotatable bonds is 7.